The molecule has 92 valence electrons. The highest BCUT2D eigenvalue weighted by molar-refractivity contribution is 7.15. The molecule has 0 bridgehead atoms. The molecule has 0 saturated carbocycles. The number of benzene rings is 1. The summed E-state index contributed by atoms with van der Waals surface area (Å²) < 4.78 is 7.78. The second-order valence-electron chi connectivity index (χ2n) is 3.97. The maximum atomic E-state index is 5.97. The molecule has 2 heterocycles. The van der Waals surface area contributed by atoms with Crippen LogP contribution in [0.4, 0.5) is 0 Å². The normalized spacial score (nSPS) is 11.0. The van der Waals surface area contributed by atoms with Crippen LogP contribution >= 0.6 is 22.9 Å². The van der Waals surface area contributed by atoms with Crippen LogP contribution in [-0.2, 0) is 5.88 Å². The molecule has 2 aromatic heterocycles. The zero-order chi connectivity index (χ0) is 12.5. The summed E-state index contributed by atoms with van der Waals surface area (Å²) >= 11 is 7.54. The number of thiazole rings is 1. The van der Waals surface area contributed by atoms with Gasteiger partial charge in [-0.15, -0.1) is 22.9 Å². The summed E-state index contributed by atoms with van der Waals surface area (Å²) in [6.45, 7) is 2.03. The predicted octanol–water partition coefficient (Wildman–Crippen LogP) is 4.24. The number of nitrogens with zero attached hydrogens (tertiary/aromatic N) is 2. The highest BCUT2D eigenvalue weighted by Gasteiger charge is 2.14. The summed E-state index contributed by atoms with van der Waals surface area (Å²) in [4.78, 5) is 5.34. The van der Waals surface area contributed by atoms with E-state index < -0.39 is 0 Å². The summed E-state index contributed by atoms with van der Waals surface area (Å²) in [5, 5.41) is 1.98. The molecule has 18 heavy (non-hydrogen) atoms. The SMILES string of the molecule is Cc1cccc(Oc2nc3sccn3c2CCl)c1. The average molecular weight is 279 g/mol. The number of hydrogen-bond acceptors (Lipinski definition) is 3. The van der Waals surface area contributed by atoms with E-state index in [0.29, 0.717) is 11.8 Å². The van der Waals surface area contributed by atoms with Gasteiger partial charge in [0, 0.05) is 11.6 Å². The first-order valence-electron chi connectivity index (χ1n) is 5.53. The summed E-state index contributed by atoms with van der Waals surface area (Å²) in [7, 11) is 0. The summed E-state index contributed by atoms with van der Waals surface area (Å²) in [5.74, 6) is 1.74. The Balaban J connectivity index is 2.01. The molecule has 0 spiro atoms. The Morgan fingerprint density at radius 2 is 2.33 bits per heavy atom. The number of hydrogen-bond donors (Lipinski definition) is 0. The van der Waals surface area contributed by atoms with Crippen LogP contribution in [0.5, 0.6) is 11.6 Å². The molecule has 0 atom stereocenters. The predicted molar refractivity (Wildman–Crippen MR) is 73.9 cm³/mol. The fourth-order valence-electron chi connectivity index (χ4n) is 1.81. The second kappa shape index (κ2) is 4.63. The molecular weight excluding hydrogens is 268 g/mol. The third-order valence-corrected chi connectivity index (χ3v) is 3.66. The molecule has 1 aromatic carbocycles. The fourth-order valence-corrected chi connectivity index (χ4v) is 2.77. The summed E-state index contributed by atoms with van der Waals surface area (Å²) in [5.41, 5.74) is 2.04. The van der Waals surface area contributed by atoms with Crippen molar-refractivity contribution in [3.8, 4) is 11.6 Å². The molecule has 0 aliphatic rings. The Morgan fingerprint density at radius 3 is 3.11 bits per heavy atom. The monoisotopic (exact) mass is 278 g/mol. The zero-order valence-corrected chi connectivity index (χ0v) is 11.3. The first-order valence-corrected chi connectivity index (χ1v) is 6.94. The van der Waals surface area contributed by atoms with E-state index in [1.54, 1.807) is 11.3 Å². The van der Waals surface area contributed by atoms with Crippen molar-refractivity contribution in [2.75, 3.05) is 0 Å². The van der Waals surface area contributed by atoms with Gasteiger partial charge in [-0.3, -0.25) is 4.40 Å². The van der Waals surface area contributed by atoms with Crippen LogP contribution in [0.3, 0.4) is 0 Å². The lowest BCUT2D eigenvalue weighted by Crippen LogP contribution is -1.91. The molecule has 3 aromatic rings. The summed E-state index contributed by atoms with van der Waals surface area (Å²) in [6.07, 6.45) is 1.95. The Kier molecular flexibility index (Phi) is 2.97. The van der Waals surface area contributed by atoms with Crippen LogP contribution in [0.1, 0.15) is 11.3 Å². The minimum atomic E-state index is 0.374. The molecule has 0 N–H and O–H groups in total. The Labute approximate surface area is 114 Å². The van der Waals surface area contributed by atoms with Crippen LogP contribution in [0.15, 0.2) is 35.8 Å². The van der Waals surface area contributed by atoms with Gasteiger partial charge in [-0.2, -0.15) is 4.98 Å². The van der Waals surface area contributed by atoms with Crippen molar-refractivity contribution in [3.63, 3.8) is 0 Å². The van der Waals surface area contributed by atoms with Gasteiger partial charge in [0.1, 0.15) is 11.4 Å². The highest BCUT2D eigenvalue weighted by Crippen LogP contribution is 2.29. The van der Waals surface area contributed by atoms with Crippen LogP contribution in [0.25, 0.3) is 4.96 Å². The molecular formula is C13H11ClN2OS. The van der Waals surface area contributed by atoms with Crippen molar-refractivity contribution in [2.24, 2.45) is 0 Å². The minimum Gasteiger partial charge on any atom is -0.437 e. The Hall–Kier alpha value is -1.52. The van der Waals surface area contributed by atoms with E-state index >= 15 is 0 Å². The van der Waals surface area contributed by atoms with Gasteiger partial charge in [0.25, 0.3) is 0 Å². The van der Waals surface area contributed by atoms with Crippen LogP contribution in [0, 0.1) is 6.92 Å². The number of rotatable bonds is 3. The lowest BCUT2D eigenvalue weighted by Gasteiger charge is -2.04. The number of fused-ring (bicyclic) bond motifs is 1. The first kappa shape index (κ1) is 11.6. The number of alkyl halides is 1. The Morgan fingerprint density at radius 1 is 1.44 bits per heavy atom. The van der Waals surface area contributed by atoms with Gasteiger partial charge in [-0.1, -0.05) is 12.1 Å². The van der Waals surface area contributed by atoms with Crippen molar-refractivity contribution in [1.29, 1.82) is 0 Å². The standard InChI is InChI=1S/C13H11ClN2OS/c1-9-3-2-4-10(7-9)17-12-11(8-14)16-5-6-18-13(16)15-12/h2-7H,8H2,1H3. The van der Waals surface area contributed by atoms with Crippen LogP contribution in [0.2, 0.25) is 0 Å². The zero-order valence-electron chi connectivity index (χ0n) is 9.76. The molecule has 0 fully saturated rings. The summed E-state index contributed by atoms with van der Waals surface area (Å²) in [6, 6.07) is 7.88. The molecule has 0 amide bonds. The van der Waals surface area contributed by atoms with E-state index in [2.05, 4.69) is 4.98 Å². The molecule has 0 aliphatic carbocycles. The minimum absolute atomic E-state index is 0.374. The van der Waals surface area contributed by atoms with Gasteiger partial charge in [-0.25, -0.2) is 0 Å². The van der Waals surface area contributed by atoms with Gasteiger partial charge in [0.2, 0.25) is 5.88 Å². The van der Waals surface area contributed by atoms with Crippen molar-refractivity contribution < 1.29 is 4.74 Å². The first-order chi connectivity index (χ1) is 8.78. The molecule has 0 aliphatic heterocycles. The second-order valence-corrected chi connectivity index (χ2v) is 5.11. The molecule has 0 radical (unpaired) electrons. The molecule has 0 unspecified atom stereocenters. The average Bonchev–Trinajstić information content (AvgIpc) is 2.89. The largest absolute Gasteiger partial charge is 0.437 e. The molecule has 0 saturated heterocycles. The lowest BCUT2D eigenvalue weighted by atomic mass is 10.2. The van der Waals surface area contributed by atoms with Gasteiger partial charge in [0.05, 0.1) is 5.88 Å². The third kappa shape index (κ3) is 1.98. The molecule has 5 heteroatoms. The lowest BCUT2D eigenvalue weighted by molar-refractivity contribution is 0.461. The number of imidazole rings is 1. The van der Waals surface area contributed by atoms with E-state index in [-0.39, 0.29) is 0 Å². The Bertz CT molecular complexity index is 689. The van der Waals surface area contributed by atoms with Gasteiger partial charge in [0.15, 0.2) is 4.96 Å². The van der Waals surface area contributed by atoms with E-state index in [0.717, 1.165) is 22.0 Å². The number of aromatic nitrogens is 2. The van der Waals surface area contributed by atoms with Crippen molar-refractivity contribution in [2.45, 2.75) is 12.8 Å². The van der Waals surface area contributed by atoms with E-state index in [1.807, 2.05) is 47.2 Å². The van der Waals surface area contributed by atoms with Crippen LogP contribution in [-0.4, -0.2) is 9.38 Å². The number of halogens is 1. The van der Waals surface area contributed by atoms with Gasteiger partial charge < -0.3 is 4.74 Å². The smallest absolute Gasteiger partial charge is 0.243 e. The van der Waals surface area contributed by atoms with Gasteiger partial charge in [-0.05, 0) is 24.6 Å². The number of aryl methyl sites for hydroxylation is 1. The van der Waals surface area contributed by atoms with Gasteiger partial charge >= 0.3 is 0 Å². The maximum absolute atomic E-state index is 5.97. The third-order valence-electron chi connectivity index (χ3n) is 2.65. The quantitative estimate of drug-likeness (QED) is 0.670. The number of ether oxygens (including phenoxy) is 1. The van der Waals surface area contributed by atoms with E-state index in [1.165, 1.54) is 0 Å². The van der Waals surface area contributed by atoms with Crippen molar-refractivity contribution >= 4 is 27.9 Å². The topological polar surface area (TPSA) is 26.5 Å². The fraction of sp³-hybridized carbons (Fsp3) is 0.154. The molecule has 3 rings (SSSR count). The highest BCUT2D eigenvalue weighted by atomic mass is 35.5. The van der Waals surface area contributed by atoms with Crippen molar-refractivity contribution in [1.82, 2.24) is 9.38 Å². The van der Waals surface area contributed by atoms with E-state index in [9.17, 15) is 0 Å². The van der Waals surface area contributed by atoms with Crippen LogP contribution < -0.4 is 4.74 Å². The maximum Gasteiger partial charge on any atom is 0.243 e. The molecule has 3 nitrogen and oxygen atoms in total. The van der Waals surface area contributed by atoms with E-state index in [4.69, 9.17) is 16.3 Å². The van der Waals surface area contributed by atoms with Crippen molar-refractivity contribution in [3.05, 3.63) is 47.1 Å².